The number of hydrogen-bond acceptors (Lipinski definition) is 2. The lowest BCUT2D eigenvalue weighted by Crippen LogP contribution is -2.32. The molecule has 0 saturated heterocycles. The van der Waals surface area contributed by atoms with Crippen LogP contribution in [0.4, 0.5) is 4.39 Å². The molecule has 1 heterocycles. The molecule has 0 bridgehead atoms. The van der Waals surface area contributed by atoms with Gasteiger partial charge in [0.25, 0.3) is 0 Å². The second kappa shape index (κ2) is 8.39. The van der Waals surface area contributed by atoms with Gasteiger partial charge >= 0.3 is 0 Å². The van der Waals surface area contributed by atoms with Gasteiger partial charge in [-0.3, -0.25) is 9.78 Å². The first kappa shape index (κ1) is 17.8. The summed E-state index contributed by atoms with van der Waals surface area (Å²) in [7, 11) is 1.80. The lowest BCUT2D eigenvalue weighted by atomic mass is 9.92. The number of rotatable bonds is 6. The Labute approximate surface area is 153 Å². The van der Waals surface area contributed by atoms with Crippen LogP contribution in [-0.4, -0.2) is 22.8 Å². The summed E-state index contributed by atoms with van der Waals surface area (Å²) in [5.74, 6) is -0.722. The molecule has 1 unspecified atom stereocenters. The van der Waals surface area contributed by atoms with Gasteiger partial charge in [0.05, 0.1) is 5.92 Å². The van der Waals surface area contributed by atoms with Crippen LogP contribution in [0.5, 0.6) is 0 Å². The third-order valence-electron chi connectivity index (χ3n) is 4.35. The molecule has 0 aliphatic carbocycles. The molecule has 0 fully saturated rings. The highest BCUT2D eigenvalue weighted by Crippen LogP contribution is 2.23. The molecule has 0 radical (unpaired) electrons. The number of carbonyl (C=O) groups is 1. The van der Waals surface area contributed by atoms with Crippen molar-refractivity contribution in [2.75, 3.05) is 7.05 Å². The van der Waals surface area contributed by atoms with Crippen molar-refractivity contribution in [1.29, 1.82) is 0 Å². The van der Waals surface area contributed by atoms with Crippen molar-refractivity contribution in [3.63, 3.8) is 0 Å². The molecule has 1 amide bonds. The second-order valence-electron chi connectivity index (χ2n) is 6.31. The van der Waals surface area contributed by atoms with Crippen LogP contribution in [0.15, 0.2) is 79.0 Å². The van der Waals surface area contributed by atoms with Crippen molar-refractivity contribution in [3.05, 3.63) is 102 Å². The molecule has 2 aromatic carbocycles. The van der Waals surface area contributed by atoms with Crippen molar-refractivity contribution in [3.8, 4) is 0 Å². The lowest BCUT2D eigenvalue weighted by Gasteiger charge is -2.24. The van der Waals surface area contributed by atoms with Crippen LogP contribution in [0.3, 0.4) is 0 Å². The van der Waals surface area contributed by atoms with Crippen LogP contribution in [0.1, 0.15) is 22.7 Å². The summed E-state index contributed by atoms with van der Waals surface area (Å²) in [5.41, 5.74) is 2.70. The van der Waals surface area contributed by atoms with Gasteiger partial charge in [0, 0.05) is 31.9 Å². The van der Waals surface area contributed by atoms with Gasteiger partial charge in [0.1, 0.15) is 5.82 Å². The summed E-state index contributed by atoms with van der Waals surface area (Å²) < 4.78 is 13.3. The summed E-state index contributed by atoms with van der Waals surface area (Å²) in [6.07, 6.45) is 2.19. The number of nitrogens with zero attached hydrogens (tertiary/aromatic N) is 2. The van der Waals surface area contributed by atoms with E-state index in [1.165, 1.54) is 12.1 Å². The first-order valence-electron chi connectivity index (χ1n) is 8.58. The van der Waals surface area contributed by atoms with Gasteiger partial charge in [-0.15, -0.1) is 0 Å². The van der Waals surface area contributed by atoms with E-state index in [0.29, 0.717) is 13.0 Å². The van der Waals surface area contributed by atoms with E-state index in [0.717, 1.165) is 16.8 Å². The fraction of sp³-hybridized carbons (Fsp3) is 0.182. The zero-order valence-corrected chi connectivity index (χ0v) is 14.7. The topological polar surface area (TPSA) is 33.2 Å². The number of pyridine rings is 1. The number of amides is 1. The van der Waals surface area contributed by atoms with Gasteiger partial charge in [0.15, 0.2) is 0 Å². The zero-order chi connectivity index (χ0) is 18.4. The molecular weight excluding hydrogens is 327 g/mol. The average molecular weight is 348 g/mol. The van der Waals surface area contributed by atoms with E-state index in [4.69, 9.17) is 0 Å². The molecule has 0 N–H and O–H groups in total. The molecule has 1 atom stereocenters. The highest BCUT2D eigenvalue weighted by molar-refractivity contribution is 5.83. The quantitative estimate of drug-likeness (QED) is 0.669. The van der Waals surface area contributed by atoms with Crippen LogP contribution in [0, 0.1) is 5.82 Å². The van der Waals surface area contributed by atoms with E-state index in [-0.39, 0.29) is 11.7 Å². The second-order valence-corrected chi connectivity index (χ2v) is 6.31. The fourth-order valence-electron chi connectivity index (χ4n) is 2.97. The number of carbonyl (C=O) groups excluding carboxylic acids is 1. The maximum Gasteiger partial charge on any atom is 0.230 e. The van der Waals surface area contributed by atoms with Crippen molar-refractivity contribution < 1.29 is 9.18 Å². The maximum atomic E-state index is 13.3. The maximum absolute atomic E-state index is 13.3. The molecule has 4 heteroatoms. The average Bonchev–Trinajstić information content (AvgIpc) is 2.68. The Kier molecular flexibility index (Phi) is 5.74. The summed E-state index contributed by atoms with van der Waals surface area (Å²) in [6.45, 7) is 0.527. The molecule has 3 aromatic rings. The largest absolute Gasteiger partial charge is 0.341 e. The van der Waals surface area contributed by atoms with Crippen LogP contribution in [0.25, 0.3) is 0 Å². The van der Waals surface area contributed by atoms with E-state index >= 15 is 0 Å². The molecule has 0 saturated carbocycles. The molecule has 132 valence electrons. The Morgan fingerprint density at radius 3 is 2.35 bits per heavy atom. The number of halogens is 1. The Balaban J connectivity index is 1.83. The predicted octanol–water partition coefficient (Wildman–Crippen LogP) is 4.21. The van der Waals surface area contributed by atoms with Gasteiger partial charge in [-0.2, -0.15) is 0 Å². The first-order valence-corrected chi connectivity index (χ1v) is 8.58. The monoisotopic (exact) mass is 348 g/mol. The van der Waals surface area contributed by atoms with Crippen molar-refractivity contribution in [2.24, 2.45) is 0 Å². The number of likely N-dealkylation sites (N-methyl/N-ethyl adjacent to an activating group) is 1. The van der Waals surface area contributed by atoms with Crippen LogP contribution >= 0.6 is 0 Å². The number of benzene rings is 2. The Morgan fingerprint density at radius 1 is 1.00 bits per heavy atom. The Hall–Kier alpha value is -3.01. The molecule has 3 nitrogen and oxygen atoms in total. The van der Waals surface area contributed by atoms with E-state index in [1.807, 2.05) is 48.5 Å². The van der Waals surface area contributed by atoms with E-state index in [1.54, 1.807) is 30.3 Å². The molecule has 1 aromatic heterocycles. The predicted molar refractivity (Wildman–Crippen MR) is 100.0 cm³/mol. The van der Waals surface area contributed by atoms with Crippen LogP contribution in [0.2, 0.25) is 0 Å². The van der Waals surface area contributed by atoms with Crippen molar-refractivity contribution in [2.45, 2.75) is 18.9 Å². The highest BCUT2D eigenvalue weighted by Gasteiger charge is 2.25. The third-order valence-corrected chi connectivity index (χ3v) is 4.35. The molecule has 0 aliphatic rings. The minimum Gasteiger partial charge on any atom is -0.341 e. The summed E-state index contributed by atoms with van der Waals surface area (Å²) in [5, 5.41) is 0. The normalized spacial score (nSPS) is 11.8. The minimum atomic E-state index is -0.404. The highest BCUT2D eigenvalue weighted by atomic mass is 19.1. The van der Waals surface area contributed by atoms with Gasteiger partial charge in [-0.1, -0.05) is 48.5 Å². The van der Waals surface area contributed by atoms with Crippen molar-refractivity contribution in [1.82, 2.24) is 9.88 Å². The number of aromatic nitrogens is 1. The van der Waals surface area contributed by atoms with Gasteiger partial charge in [-0.25, -0.2) is 4.39 Å². The molecular formula is C22H21FN2O. The van der Waals surface area contributed by atoms with Crippen molar-refractivity contribution >= 4 is 5.91 Å². The molecule has 0 spiro atoms. The third kappa shape index (κ3) is 4.54. The van der Waals surface area contributed by atoms with Crippen LogP contribution in [-0.2, 0) is 17.8 Å². The smallest absolute Gasteiger partial charge is 0.230 e. The number of hydrogen-bond donors (Lipinski definition) is 0. The molecule has 0 aliphatic heterocycles. The first-order chi connectivity index (χ1) is 12.6. The van der Waals surface area contributed by atoms with E-state index in [2.05, 4.69) is 4.98 Å². The Bertz CT molecular complexity index is 835. The van der Waals surface area contributed by atoms with Gasteiger partial charge < -0.3 is 4.90 Å². The Morgan fingerprint density at radius 2 is 1.69 bits per heavy atom. The summed E-state index contributed by atoms with van der Waals surface area (Å²) >= 11 is 0. The fourth-order valence-corrected chi connectivity index (χ4v) is 2.97. The standard InChI is InChI=1S/C22H21FN2O/c1-25(16-17-7-3-2-4-8-17)22(26)21(15-20-9-5-6-14-24-20)18-10-12-19(23)13-11-18/h2-14,21H,15-16H2,1H3. The van der Waals surface area contributed by atoms with E-state index in [9.17, 15) is 9.18 Å². The zero-order valence-electron chi connectivity index (χ0n) is 14.7. The summed E-state index contributed by atoms with van der Waals surface area (Å²) in [4.78, 5) is 19.2. The summed E-state index contributed by atoms with van der Waals surface area (Å²) in [6, 6.07) is 21.7. The van der Waals surface area contributed by atoms with E-state index < -0.39 is 5.92 Å². The van der Waals surface area contributed by atoms with Gasteiger partial charge in [-0.05, 0) is 35.4 Å². The molecule has 26 heavy (non-hydrogen) atoms. The van der Waals surface area contributed by atoms with Crippen LogP contribution < -0.4 is 0 Å². The van der Waals surface area contributed by atoms with Gasteiger partial charge in [0.2, 0.25) is 5.91 Å². The SMILES string of the molecule is CN(Cc1ccccc1)C(=O)C(Cc1ccccn1)c1ccc(F)cc1. The lowest BCUT2D eigenvalue weighted by molar-refractivity contribution is -0.132. The minimum absolute atomic E-state index is 0.00823. The molecule has 3 rings (SSSR count).